The van der Waals surface area contributed by atoms with Gasteiger partial charge in [-0.25, -0.2) is 0 Å². The fourth-order valence-electron chi connectivity index (χ4n) is 3.07. The van der Waals surface area contributed by atoms with Crippen LogP contribution in [-0.2, 0) is 4.74 Å². The van der Waals surface area contributed by atoms with Crippen molar-refractivity contribution in [2.75, 3.05) is 0 Å². The number of unbranched alkanes of at least 4 members (excludes halogenated alkanes) is 1. The molecule has 1 unspecified atom stereocenters. The molecule has 2 heteroatoms. The number of fused-ring (bicyclic) bond motifs is 1. The van der Waals surface area contributed by atoms with Gasteiger partial charge in [-0.05, 0) is 25.2 Å². The van der Waals surface area contributed by atoms with Crippen LogP contribution in [0.4, 0.5) is 0 Å². The average molecular weight is 198 g/mol. The van der Waals surface area contributed by atoms with E-state index >= 15 is 0 Å². The lowest BCUT2D eigenvalue weighted by Crippen LogP contribution is -2.25. The van der Waals surface area contributed by atoms with Crippen LogP contribution in [0.5, 0.6) is 0 Å². The summed E-state index contributed by atoms with van der Waals surface area (Å²) < 4.78 is 5.67. The minimum absolute atomic E-state index is 0.357. The van der Waals surface area contributed by atoms with Gasteiger partial charge in [0, 0.05) is 5.92 Å². The molecule has 2 rings (SSSR count). The van der Waals surface area contributed by atoms with Crippen LogP contribution in [-0.4, -0.2) is 17.5 Å². The largest absolute Gasteiger partial charge is 0.368 e. The van der Waals surface area contributed by atoms with Crippen LogP contribution in [0.3, 0.4) is 0 Å². The summed E-state index contributed by atoms with van der Waals surface area (Å²) in [6.07, 6.45) is 8.58. The van der Waals surface area contributed by atoms with Gasteiger partial charge in [-0.1, -0.05) is 32.6 Å². The van der Waals surface area contributed by atoms with Gasteiger partial charge in [0.25, 0.3) is 0 Å². The molecule has 2 aliphatic rings. The molecule has 2 nitrogen and oxygen atoms in total. The van der Waals surface area contributed by atoms with Crippen LogP contribution in [0.1, 0.15) is 51.9 Å². The molecule has 1 heterocycles. The van der Waals surface area contributed by atoms with Gasteiger partial charge in [0.15, 0.2) is 6.29 Å². The van der Waals surface area contributed by atoms with E-state index in [2.05, 4.69) is 6.92 Å². The van der Waals surface area contributed by atoms with E-state index < -0.39 is 6.29 Å². The molecule has 14 heavy (non-hydrogen) atoms. The SMILES string of the molecule is CCCC[C@@H]1OC(O)[C@H]2CCCC[C@@H]12. The van der Waals surface area contributed by atoms with E-state index in [0.29, 0.717) is 17.9 Å². The van der Waals surface area contributed by atoms with Gasteiger partial charge in [-0.15, -0.1) is 0 Å². The second-order valence-corrected chi connectivity index (χ2v) is 4.82. The van der Waals surface area contributed by atoms with E-state index in [0.717, 1.165) is 6.42 Å². The predicted octanol–water partition coefficient (Wildman–Crippen LogP) is 2.70. The Kier molecular flexibility index (Phi) is 3.45. The van der Waals surface area contributed by atoms with Crippen molar-refractivity contribution < 1.29 is 9.84 Å². The van der Waals surface area contributed by atoms with E-state index in [1.807, 2.05) is 0 Å². The third-order valence-corrected chi connectivity index (χ3v) is 3.88. The molecule has 1 aliphatic heterocycles. The van der Waals surface area contributed by atoms with Crippen molar-refractivity contribution in [3.63, 3.8) is 0 Å². The molecule has 0 bridgehead atoms. The van der Waals surface area contributed by atoms with Crippen LogP contribution in [0.2, 0.25) is 0 Å². The standard InChI is InChI=1S/C12H22O2/c1-2-3-8-11-9-6-4-5-7-10(9)12(13)14-11/h9-13H,2-8H2,1H3/t9-,10+,11+,12?/m1/s1. The molecule has 0 amide bonds. The summed E-state index contributed by atoms with van der Waals surface area (Å²) in [7, 11) is 0. The Morgan fingerprint density at radius 1 is 1.21 bits per heavy atom. The molecular weight excluding hydrogens is 176 g/mol. The second-order valence-electron chi connectivity index (χ2n) is 4.82. The minimum Gasteiger partial charge on any atom is -0.368 e. The zero-order valence-electron chi connectivity index (χ0n) is 9.11. The van der Waals surface area contributed by atoms with E-state index in [4.69, 9.17) is 4.74 Å². The first-order valence-electron chi connectivity index (χ1n) is 6.16. The van der Waals surface area contributed by atoms with Gasteiger partial charge in [0.1, 0.15) is 0 Å². The molecule has 0 spiro atoms. The van der Waals surface area contributed by atoms with Crippen molar-refractivity contribution in [3.05, 3.63) is 0 Å². The van der Waals surface area contributed by atoms with Crippen LogP contribution in [0, 0.1) is 11.8 Å². The summed E-state index contributed by atoms with van der Waals surface area (Å²) in [4.78, 5) is 0. The Balaban J connectivity index is 1.92. The molecule has 2 fully saturated rings. The maximum atomic E-state index is 9.77. The second kappa shape index (κ2) is 4.63. The molecule has 82 valence electrons. The molecular formula is C12H22O2. The number of rotatable bonds is 3. The molecule has 0 aromatic heterocycles. The lowest BCUT2D eigenvalue weighted by atomic mass is 9.77. The summed E-state index contributed by atoms with van der Waals surface area (Å²) in [6.45, 7) is 2.21. The van der Waals surface area contributed by atoms with Gasteiger partial charge >= 0.3 is 0 Å². The zero-order valence-corrected chi connectivity index (χ0v) is 9.11. The zero-order chi connectivity index (χ0) is 9.97. The normalized spacial score (nSPS) is 42.4. The van der Waals surface area contributed by atoms with Gasteiger partial charge in [-0.3, -0.25) is 0 Å². The highest BCUT2D eigenvalue weighted by Crippen LogP contribution is 2.43. The smallest absolute Gasteiger partial charge is 0.158 e. The van der Waals surface area contributed by atoms with Crippen molar-refractivity contribution in [1.29, 1.82) is 0 Å². The summed E-state index contributed by atoms with van der Waals surface area (Å²) in [5, 5.41) is 9.77. The number of hydrogen-bond acceptors (Lipinski definition) is 2. The third kappa shape index (κ3) is 1.96. The van der Waals surface area contributed by atoms with Gasteiger partial charge in [0.05, 0.1) is 6.10 Å². The molecule has 1 aliphatic carbocycles. The molecule has 0 aromatic rings. The van der Waals surface area contributed by atoms with E-state index in [9.17, 15) is 5.11 Å². The van der Waals surface area contributed by atoms with Crippen molar-refractivity contribution >= 4 is 0 Å². The molecule has 1 saturated carbocycles. The topological polar surface area (TPSA) is 29.5 Å². The van der Waals surface area contributed by atoms with Crippen molar-refractivity contribution in [2.45, 2.75) is 64.3 Å². The van der Waals surface area contributed by atoms with Gasteiger partial charge < -0.3 is 9.84 Å². The highest BCUT2D eigenvalue weighted by molar-refractivity contribution is 4.88. The van der Waals surface area contributed by atoms with Crippen molar-refractivity contribution in [2.24, 2.45) is 11.8 Å². The summed E-state index contributed by atoms with van der Waals surface area (Å²) in [6, 6.07) is 0. The van der Waals surface area contributed by atoms with Crippen LogP contribution in [0.25, 0.3) is 0 Å². The maximum Gasteiger partial charge on any atom is 0.158 e. The Bertz CT molecular complexity index is 181. The minimum atomic E-state index is -0.456. The molecule has 1 saturated heterocycles. The monoisotopic (exact) mass is 198 g/mol. The molecule has 0 radical (unpaired) electrons. The quantitative estimate of drug-likeness (QED) is 0.755. The molecule has 4 atom stereocenters. The predicted molar refractivity (Wildman–Crippen MR) is 55.9 cm³/mol. The van der Waals surface area contributed by atoms with E-state index in [1.165, 1.54) is 38.5 Å². The first-order chi connectivity index (χ1) is 6.83. The van der Waals surface area contributed by atoms with Gasteiger partial charge in [-0.2, -0.15) is 0 Å². The number of aliphatic hydroxyl groups is 1. The molecule has 0 aromatic carbocycles. The summed E-state index contributed by atoms with van der Waals surface area (Å²) in [5.41, 5.74) is 0. The Labute approximate surface area is 86.6 Å². The fraction of sp³-hybridized carbons (Fsp3) is 1.00. The molecule has 1 N–H and O–H groups in total. The van der Waals surface area contributed by atoms with Gasteiger partial charge in [0.2, 0.25) is 0 Å². The first kappa shape index (κ1) is 10.4. The van der Waals surface area contributed by atoms with Crippen LogP contribution in [0.15, 0.2) is 0 Å². The fourth-order valence-corrected chi connectivity index (χ4v) is 3.07. The lowest BCUT2D eigenvalue weighted by molar-refractivity contribution is -0.110. The highest BCUT2D eigenvalue weighted by Gasteiger charge is 2.43. The van der Waals surface area contributed by atoms with E-state index in [1.54, 1.807) is 0 Å². The number of hydrogen-bond donors (Lipinski definition) is 1. The first-order valence-corrected chi connectivity index (χ1v) is 6.16. The van der Waals surface area contributed by atoms with Crippen molar-refractivity contribution in [1.82, 2.24) is 0 Å². The summed E-state index contributed by atoms with van der Waals surface area (Å²) >= 11 is 0. The number of aliphatic hydroxyl groups excluding tert-OH is 1. The van der Waals surface area contributed by atoms with Crippen LogP contribution >= 0.6 is 0 Å². The highest BCUT2D eigenvalue weighted by atomic mass is 16.6. The Hall–Kier alpha value is -0.0800. The van der Waals surface area contributed by atoms with Crippen LogP contribution < -0.4 is 0 Å². The Morgan fingerprint density at radius 2 is 1.93 bits per heavy atom. The average Bonchev–Trinajstić information content (AvgIpc) is 2.54. The Morgan fingerprint density at radius 3 is 2.64 bits per heavy atom. The number of ether oxygens (including phenoxy) is 1. The van der Waals surface area contributed by atoms with Crippen molar-refractivity contribution in [3.8, 4) is 0 Å². The lowest BCUT2D eigenvalue weighted by Gasteiger charge is -2.27. The van der Waals surface area contributed by atoms with E-state index in [-0.39, 0.29) is 0 Å². The summed E-state index contributed by atoms with van der Waals surface area (Å²) in [5.74, 6) is 1.11. The third-order valence-electron chi connectivity index (χ3n) is 3.88. The maximum absolute atomic E-state index is 9.77.